The number of nitrogens with zero attached hydrogens (tertiary/aromatic N) is 2. The van der Waals surface area contributed by atoms with Gasteiger partial charge in [0.1, 0.15) is 0 Å². The molecule has 0 N–H and O–H groups in total. The highest BCUT2D eigenvalue weighted by Crippen LogP contribution is 2.50. The zero-order chi connectivity index (χ0) is 21.5. The minimum atomic E-state index is -3.72. The van der Waals surface area contributed by atoms with Gasteiger partial charge in [-0.2, -0.15) is 4.31 Å². The quantitative estimate of drug-likeness (QED) is 0.661. The predicted molar refractivity (Wildman–Crippen MR) is 114 cm³/mol. The van der Waals surface area contributed by atoms with Gasteiger partial charge in [-0.3, -0.25) is 9.59 Å². The minimum Gasteiger partial charge on any atom is -0.339 e. The lowest BCUT2D eigenvalue weighted by atomic mass is 9.94. The average molecular weight is 447 g/mol. The van der Waals surface area contributed by atoms with E-state index in [0.29, 0.717) is 23.7 Å². The highest BCUT2D eigenvalue weighted by Gasteiger charge is 2.53. The normalized spacial score (nSPS) is 18.8. The first-order valence-corrected chi connectivity index (χ1v) is 11.7. The number of amides is 1. The Morgan fingerprint density at radius 3 is 2.17 bits per heavy atom. The van der Waals surface area contributed by atoms with Crippen molar-refractivity contribution >= 4 is 33.3 Å². The molecular formula is C22H23ClN2O4S. The van der Waals surface area contributed by atoms with Crippen molar-refractivity contribution in [2.24, 2.45) is 0 Å². The van der Waals surface area contributed by atoms with Gasteiger partial charge >= 0.3 is 0 Å². The highest BCUT2D eigenvalue weighted by molar-refractivity contribution is 7.89. The summed E-state index contributed by atoms with van der Waals surface area (Å²) in [6.07, 6.45) is 1.59. The second-order valence-corrected chi connectivity index (χ2v) is 10.2. The van der Waals surface area contributed by atoms with Crippen LogP contribution >= 0.6 is 11.6 Å². The van der Waals surface area contributed by atoms with Crippen molar-refractivity contribution in [2.75, 3.05) is 26.2 Å². The topological polar surface area (TPSA) is 74.8 Å². The molecule has 0 unspecified atom stereocenters. The molecule has 1 aliphatic heterocycles. The van der Waals surface area contributed by atoms with Crippen LogP contribution in [0.5, 0.6) is 0 Å². The molecule has 1 saturated carbocycles. The maximum atomic E-state index is 13.2. The standard InChI is InChI=1S/C22H23ClN2O4S/c1-16(26)17-3-2-4-20(15-17)30(28,29)25-13-11-24(12-14-25)21(27)22(9-10-22)18-5-7-19(23)8-6-18/h2-8,15H,9-14H2,1H3. The van der Waals surface area contributed by atoms with E-state index in [2.05, 4.69) is 0 Å². The van der Waals surface area contributed by atoms with Crippen molar-refractivity contribution in [1.82, 2.24) is 9.21 Å². The van der Waals surface area contributed by atoms with Gasteiger partial charge < -0.3 is 4.90 Å². The Balaban J connectivity index is 1.46. The number of hydrogen-bond donors (Lipinski definition) is 0. The second-order valence-electron chi connectivity index (χ2n) is 7.87. The monoisotopic (exact) mass is 446 g/mol. The SMILES string of the molecule is CC(=O)c1cccc(S(=O)(=O)N2CCN(C(=O)C3(c4ccc(Cl)cc4)CC3)CC2)c1. The van der Waals surface area contributed by atoms with Gasteiger partial charge in [0.05, 0.1) is 10.3 Å². The fourth-order valence-corrected chi connectivity index (χ4v) is 5.57. The van der Waals surface area contributed by atoms with Crippen molar-refractivity contribution in [3.8, 4) is 0 Å². The van der Waals surface area contributed by atoms with Crippen LogP contribution in [-0.4, -0.2) is 55.5 Å². The maximum Gasteiger partial charge on any atom is 0.243 e. The van der Waals surface area contributed by atoms with Crippen molar-refractivity contribution in [3.63, 3.8) is 0 Å². The van der Waals surface area contributed by atoms with Gasteiger partial charge in [-0.05, 0) is 49.6 Å². The van der Waals surface area contributed by atoms with E-state index in [1.54, 1.807) is 29.2 Å². The number of Topliss-reactive ketones (excluding diaryl/α,β-unsaturated/α-hetero) is 1. The summed E-state index contributed by atoms with van der Waals surface area (Å²) in [5.74, 6) is -0.125. The number of rotatable bonds is 5. The average Bonchev–Trinajstić information content (AvgIpc) is 3.56. The molecule has 1 aliphatic carbocycles. The summed E-state index contributed by atoms with van der Waals surface area (Å²) in [6, 6.07) is 13.5. The number of benzene rings is 2. The van der Waals surface area contributed by atoms with Crippen LogP contribution in [0.2, 0.25) is 5.02 Å². The molecule has 158 valence electrons. The van der Waals surface area contributed by atoms with E-state index >= 15 is 0 Å². The lowest BCUT2D eigenvalue weighted by Gasteiger charge is -2.36. The van der Waals surface area contributed by atoms with Gasteiger partial charge in [0.25, 0.3) is 0 Å². The van der Waals surface area contributed by atoms with Gasteiger partial charge in [0.2, 0.25) is 15.9 Å². The van der Waals surface area contributed by atoms with Crippen LogP contribution in [0.25, 0.3) is 0 Å². The van der Waals surface area contributed by atoms with Crippen molar-refractivity contribution in [1.29, 1.82) is 0 Å². The molecule has 1 heterocycles. The van der Waals surface area contributed by atoms with E-state index in [1.165, 1.54) is 23.4 Å². The number of halogens is 1. The zero-order valence-electron chi connectivity index (χ0n) is 16.7. The summed E-state index contributed by atoms with van der Waals surface area (Å²) in [5, 5.41) is 0.634. The molecule has 0 spiro atoms. The molecule has 30 heavy (non-hydrogen) atoms. The summed E-state index contributed by atoms with van der Waals surface area (Å²) < 4.78 is 27.4. The molecular weight excluding hydrogens is 424 g/mol. The Morgan fingerprint density at radius 2 is 1.60 bits per heavy atom. The molecule has 0 atom stereocenters. The Labute approximate surface area is 181 Å². The zero-order valence-corrected chi connectivity index (χ0v) is 18.2. The van der Waals surface area contributed by atoms with E-state index in [1.807, 2.05) is 12.1 Å². The summed E-state index contributed by atoms with van der Waals surface area (Å²) in [4.78, 5) is 26.7. The molecule has 2 aliphatic rings. The van der Waals surface area contributed by atoms with Crippen LogP contribution in [0.15, 0.2) is 53.4 Å². The van der Waals surface area contributed by atoms with Crippen molar-refractivity contribution < 1.29 is 18.0 Å². The predicted octanol–water partition coefficient (Wildman–Crippen LogP) is 3.11. The molecule has 0 radical (unpaired) electrons. The van der Waals surface area contributed by atoms with Crippen LogP contribution in [-0.2, 0) is 20.2 Å². The molecule has 2 fully saturated rings. The lowest BCUT2D eigenvalue weighted by molar-refractivity contribution is -0.135. The fourth-order valence-electron chi connectivity index (χ4n) is 3.98. The van der Waals surface area contributed by atoms with Crippen molar-refractivity contribution in [3.05, 3.63) is 64.7 Å². The number of sulfonamides is 1. The summed E-state index contributed by atoms with van der Waals surface area (Å²) in [7, 11) is -3.72. The van der Waals surface area contributed by atoms with Crippen LogP contribution in [0.4, 0.5) is 0 Å². The lowest BCUT2D eigenvalue weighted by Crippen LogP contribution is -2.52. The number of carbonyl (C=O) groups is 2. The summed E-state index contributed by atoms with van der Waals surface area (Å²) in [6.45, 7) is 2.56. The molecule has 2 aromatic rings. The van der Waals surface area contributed by atoms with Crippen LogP contribution < -0.4 is 0 Å². The van der Waals surface area contributed by atoms with E-state index in [-0.39, 0.29) is 29.7 Å². The molecule has 1 amide bonds. The highest BCUT2D eigenvalue weighted by atomic mass is 35.5. The van der Waals surface area contributed by atoms with Crippen molar-refractivity contribution in [2.45, 2.75) is 30.1 Å². The van der Waals surface area contributed by atoms with Crippen LogP contribution in [0, 0.1) is 0 Å². The first-order chi connectivity index (χ1) is 14.2. The Hall–Kier alpha value is -2.22. The molecule has 8 heteroatoms. The summed E-state index contributed by atoms with van der Waals surface area (Å²) in [5.41, 5.74) is 0.832. The first kappa shape index (κ1) is 21.0. The molecule has 0 aromatic heterocycles. The maximum absolute atomic E-state index is 13.2. The molecule has 4 rings (SSSR count). The van der Waals surface area contributed by atoms with E-state index in [0.717, 1.165) is 18.4 Å². The third-order valence-corrected chi connectivity index (χ3v) is 8.11. The first-order valence-electron chi connectivity index (χ1n) is 9.91. The molecule has 6 nitrogen and oxygen atoms in total. The van der Waals surface area contributed by atoms with E-state index < -0.39 is 15.4 Å². The largest absolute Gasteiger partial charge is 0.339 e. The Morgan fingerprint density at radius 1 is 0.967 bits per heavy atom. The number of hydrogen-bond acceptors (Lipinski definition) is 4. The molecule has 0 bridgehead atoms. The van der Waals surface area contributed by atoms with Crippen LogP contribution in [0.1, 0.15) is 35.7 Å². The van der Waals surface area contributed by atoms with Gasteiger partial charge in [-0.25, -0.2) is 8.42 Å². The van der Waals surface area contributed by atoms with Gasteiger partial charge in [0, 0.05) is 36.8 Å². The fraction of sp³-hybridized carbons (Fsp3) is 0.364. The second kappa shape index (κ2) is 7.80. The Kier molecular flexibility index (Phi) is 5.46. The van der Waals surface area contributed by atoms with E-state index in [9.17, 15) is 18.0 Å². The van der Waals surface area contributed by atoms with E-state index in [4.69, 9.17) is 11.6 Å². The number of ketones is 1. The Bertz CT molecular complexity index is 1090. The van der Waals surface area contributed by atoms with Gasteiger partial charge in [-0.15, -0.1) is 0 Å². The molecule has 2 aromatic carbocycles. The third kappa shape index (κ3) is 3.77. The van der Waals surface area contributed by atoms with Crippen LogP contribution in [0.3, 0.4) is 0 Å². The number of piperazine rings is 1. The minimum absolute atomic E-state index is 0.0560. The molecule has 1 saturated heterocycles. The smallest absolute Gasteiger partial charge is 0.243 e. The summed E-state index contributed by atoms with van der Waals surface area (Å²) >= 11 is 5.97. The third-order valence-electron chi connectivity index (χ3n) is 5.96. The van der Waals surface area contributed by atoms with Gasteiger partial charge in [-0.1, -0.05) is 35.9 Å². The number of carbonyl (C=O) groups excluding carboxylic acids is 2. The van der Waals surface area contributed by atoms with Gasteiger partial charge in [0.15, 0.2) is 5.78 Å².